The van der Waals surface area contributed by atoms with Crippen LogP contribution in [0.4, 0.5) is 5.69 Å². The van der Waals surface area contributed by atoms with Crippen LogP contribution in [0.1, 0.15) is 13.3 Å². The largest absolute Gasteiger partial charge is 0.465 e. The first-order valence-corrected chi connectivity index (χ1v) is 7.93. The van der Waals surface area contributed by atoms with E-state index < -0.39 is 15.6 Å². The number of nitrogens with zero attached hydrogens (tertiary/aromatic N) is 1. The number of fused-ring (bicyclic) bond motifs is 1. The van der Waals surface area contributed by atoms with Crippen LogP contribution in [0.25, 0.3) is 10.9 Å². The Hall–Kier alpha value is -2.09. The van der Waals surface area contributed by atoms with E-state index in [9.17, 15) is 13.2 Å². The Labute approximate surface area is 116 Å². The third-order valence-electron chi connectivity index (χ3n) is 2.45. The summed E-state index contributed by atoms with van der Waals surface area (Å²) in [4.78, 5) is 18.7. The number of benzene rings is 1. The average molecular weight is 297 g/mol. The number of anilines is 1. The number of nitrogens with one attached hydrogen (secondary N) is 2. The van der Waals surface area contributed by atoms with E-state index in [1.54, 1.807) is 12.1 Å². The summed E-state index contributed by atoms with van der Waals surface area (Å²) in [6, 6.07) is 4.87. The SMILES string of the molecule is CCCOc1nc2cccc(NS(C)(=O)=O)c2c(=O)[nH]1. The zero-order chi connectivity index (χ0) is 14.8. The number of H-pyrrole nitrogens is 1. The highest BCUT2D eigenvalue weighted by atomic mass is 32.2. The number of hydrogen-bond acceptors (Lipinski definition) is 5. The second kappa shape index (κ2) is 5.49. The van der Waals surface area contributed by atoms with Crippen LogP contribution >= 0.6 is 0 Å². The maximum absolute atomic E-state index is 12.1. The molecule has 1 heterocycles. The van der Waals surface area contributed by atoms with Gasteiger partial charge in [0.05, 0.1) is 29.5 Å². The maximum Gasteiger partial charge on any atom is 0.297 e. The monoisotopic (exact) mass is 297 g/mol. The molecular formula is C12H15N3O4S. The fourth-order valence-corrected chi connectivity index (χ4v) is 2.29. The Balaban J connectivity index is 2.56. The fraction of sp³-hybridized carbons (Fsp3) is 0.333. The van der Waals surface area contributed by atoms with Crippen molar-refractivity contribution >= 4 is 26.6 Å². The summed E-state index contributed by atoms with van der Waals surface area (Å²) in [6.45, 7) is 2.38. The molecule has 0 saturated heterocycles. The molecule has 2 rings (SSSR count). The lowest BCUT2D eigenvalue weighted by molar-refractivity contribution is 0.293. The van der Waals surface area contributed by atoms with Gasteiger partial charge >= 0.3 is 0 Å². The number of hydrogen-bond donors (Lipinski definition) is 2. The van der Waals surface area contributed by atoms with Crippen LogP contribution in [-0.2, 0) is 10.0 Å². The van der Waals surface area contributed by atoms with Gasteiger partial charge in [0.15, 0.2) is 0 Å². The average Bonchev–Trinajstić information content (AvgIpc) is 2.34. The van der Waals surface area contributed by atoms with Crippen LogP contribution < -0.4 is 15.0 Å². The van der Waals surface area contributed by atoms with Gasteiger partial charge in [-0.25, -0.2) is 8.42 Å². The van der Waals surface area contributed by atoms with Crippen molar-refractivity contribution in [3.63, 3.8) is 0 Å². The molecule has 1 aromatic heterocycles. The second-order valence-corrected chi connectivity index (χ2v) is 6.04. The van der Waals surface area contributed by atoms with Gasteiger partial charge in [-0.2, -0.15) is 4.98 Å². The molecule has 2 N–H and O–H groups in total. The normalized spacial score (nSPS) is 11.5. The topological polar surface area (TPSA) is 101 Å². The van der Waals surface area contributed by atoms with Crippen LogP contribution in [0.5, 0.6) is 6.01 Å². The summed E-state index contributed by atoms with van der Waals surface area (Å²) < 4.78 is 30.2. The molecule has 0 bridgehead atoms. The highest BCUT2D eigenvalue weighted by Crippen LogP contribution is 2.20. The Morgan fingerprint density at radius 3 is 2.80 bits per heavy atom. The third-order valence-corrected chi connectivity index (χ3v) is 3.04. The van der Waals surface area contributed by atoms with Crippen molar-refractivity contribution in [2.45, 2.75) is 13.3 Å². The molecule has 8 heteroatoms. The molecule has 108 valence electrons. The first-order chi connectivity index (χ1) is 9.40. The minimum Gasteiger partial charge on any atom is -0.465 e. The van der Waals surface area contributed by atoms with Crippen molar-refractivity contribution in [3.8, 4) is 6.01 Å². The fourth-order valence-electron chi connectivity index (χ4n) is 1.72. The maximum atomic E-state index is 12.1. The first-order valence-electron chi connectivity index (χ1n) is 6.04. The van der Waals surface area contributed by atoms with E-state index >= 15 is 0 Å². The van der Waals surface area contributed by atoms with Gasteiger partial charge in [-0.1, -0.05) is 13.0 Å². The molecule has 0 saturated carbocycles. The predicted molar refractivity (Wildman–Crippen MR) is 76.6 cm³/mol. The Morgan fingerprint density at radius 2 is 2.15 bits per heavy atom. The molecule has 1 aromatic carbocycles. The number of rotatable bonds is 5. The molecule has 2 aromatic rings. The van der Waals surface area contributed by atoms with Crippen LogP contribution in [0.15, 0.2) is 23.0 Å². The van der Waals surface area contributed by atoms with E-state index in [0.29, 0.717) is 12.1 Å². The van der Waals surface area contributed by atoms with E-state index in [1.165, 1.54) is 6.07 Å². The number of sulfonamides is 1. The summed E-state index contributed by atoms with van der Waals surface area (Å²) >= 11 is 0. The van der Waals surface area contributed by atoms with Gasteiger partial charge in [0.25, 0.3) is 11.6 Å². The molecule has 0 fully saturated rings. The van der Waals surface area contributed by atoms with E-state index in [0.717, 1.165) is 12.7 Å². The van der Waals surface area contributed by atoms with Crippen molar-refractivity contribution in [3.05, 3.63) is 28.6 Å². The van der Waals surface area contributed by atoms with Crippen molar-refractivity contribution in [1.29, 1.82) is 0 Å². The van der Waals surface area contributed by atoms with Gasteiger partial charge in [-0.15, -0.1) is 0 Å². The Bertz CT molecular complexity index is 783. The lowest BCUT2D eigenvalue weighted by atomic mass is 10.2. The van der Waals surface area contributed by atoms with Crippen molar-refractivity contribution < 1.29 is 13.2 Å². The molecule has 7 nitrogen and oxygen atoms in total. The molecule has 0 atom stereocenters. The van der Waals surface area contributed by atoms with Gasteiger partial charge in [0, 0.05) is 0 Å². The zero-order valence-electron chi connectivity index (χ0n) is 11.1. The van der Waals surface area contributed by atoms with Gasteiger partial charge in [-0.05, 0) is 18.6 Å². The molecular weight excluding hydrogens is 282 g/mol. The van der Waals surface area contributed by atoms with Crippen LogP contribution in [0.3, 0.4) is 0 Å². The predicted octanol–water partition coefficient (Wildman–Crippen LogP) is 1.08. The van der Waals surface area contributed by atoms with Crippen LogP contribution in [-0.4, -0.2) is 31.2 Å². The minimum atomic E-state index is -3.47. The quantitative estimate of drug-likeness (QED) is 0.860. The first kappa shape index (κ1) is 14.3. The number of ether oxygens (including phenoxy) is 1. The summed E-state index contributed by atoms with van der Waals surface area (Å²) in [6.07, 6.45) is 1.81. The molecule has 0 aliphatic carbocycles. The van der Waals surface area contributed by atoms with Gasteiger partial charge in [0.1, 0.15) is 0 Å². The Morgan fingerprint density at radius 1 is 1.40 bits per heavy atom. The lowest BCUT2D eigenvalue weighted by Gasteiger charge is -2.08. The molecule has 0 aliphatic rings. The standard InChI is InChI=1S/C12H15N3O4S/c1-3-7-19-12-13-8-5-4-6-9(15-20(2,17)18)10(8)11(16)14-12/h4-6,15H,3,7H2,1-2H3,(H,13,14,16). The van der Waals surface area contributed by atoms with E-state index in [2.05, 4.69) is 14.7 Å². The summed E-state index contributed by atoms with van der Waals surface area (Å²) in [5, 5.41) is 0.182. The number of aromatic amines is 1. The van der Waals surface area contributed by atoms with Gasteiger partial charge < -0.3 is 4.74 Å². The number of aromatic nitrogens is 2. The smallest absolute Gasteiger partial charge is 0.297 e. The van der Waals surface area contributed by atoms with Crippen molar-refractivity contribution in [2.24, 2.45) is 0 Å². The Kier molecular flexibility index (Phi) is 3.93. The molecule has 0 unspecified atom stereocenters. The molecule has 0 amide bonds. The zero-order valence-corrected chi connectivity index (χ0v) is 12.0. The summed E-state index contributed by atoms with van der Waals surface area (Å²) in [5.41, 5.74) is 0.113. The second-order valence-electron chi connectivity index (χ2n) is 4.29. The van der Waals surface area contributed by atoms with Crippen molar-refractivity contribution in [2.75, 3.05) is 17.6 Å². The van der Waals surface area contributed by atoms with Gasteiger partial charge in [-0.3, -0.25) is 14.5 Å². The van der Waals surface area contributed by atoms with Crippen LogP contribution in [0.2, 0.25) is 0 Å². The summed E-state index contributed by atoms with van der Waals surface area (Å²) in [5.74, 6) is 0. The highest BCUT2D eigenvalue weighted by Gasteiger charge is 2.11. The lowest BCUT2D eigenvalue weighted by Crippen LogP contribution is -2.16. The van der Waals surface area contributed by atoms with E-state index in [-0.39, 0.29) is 17.1 Å². The van der Waals surface area contributed by atoms with E-state index in [4.69, 9.17) is 4.74 Å². The molecule has 0 radical (unpaired) electrons. The van der Waals surface area contributed by atoms with E-state index in [1.807, 2.05) is 6.92 Å². The minimum absolute atomic E-state index is 0.126. The summed E-state index contributed by atoms with van der Waals surface area (Å²) in [7, 11) is -3.47. The van der Waals surface area contributed by atoms with Gasteiger partial charge in [0.2, 0.25) is 10.0 Å². The molecule has 0 aliphatic heterocycles. The van der Waals surface area contributed by atoms with Crippen LogP contribution in [0, 0.1) is 0 Å². The highest BCUT2D eigenvalue weighted by molar-refractivity contribution is 7.92. The molecule has 20 heavy (non-hydrogen) atoms. The molecule has 0 spiro atoms. The van der Waals surface area contributed by atoms with Crippen molar-refractivity contribution in [1.82, 2.24) is 9.97 Å². The third kappa shape index (κ3) is 3.27.